The summed E-state index contributed by atoms with van der Waals surface area (Å²) in [5.74, 6) is -0.0271. The van der Waals surface area contributed by atoms with Crippen LogP contribution in [-0.4, -0.2) is 28.8 Å². The lowest BCUT2D eigenvalue weighted by molar-refractivity contribution is -0.120. The van der Waals surface area contributed by atoms with Crippen molar-refractivity contribution in [2.24, 2.45) is 7.05 Å². The van der Waals surface area contributed by atoms with Crippen LogP contribution in [0.25, 0.3) is 0 Å². The van der Waals surface area contributed by atoms with Crippen molar-refractivity contribution in [3.8, 4) is 0 Å². The fourth-order valence-corrected chi connectivity index (χ4v) is 1.11. The van der Waals surface area contributed by atoms with Gasteiger partial charge in [0.25, 0.3) is 0 Å². The molecule has 0 saturated heterocycles. The highest BCUT2D eigenvalue weighted by molar-refractivity contribution is 5.77. The second-order valence-electron chi connectivity index (χ2n) is 3.22. The van der Waals surface area contributed by atoms with Crippen LogP contribution in [0, 0.1) is 0 Å². The van der Waals surface area contributed by atoms with Gasteiger partial charge in [-0.1, -0.05) is 6.08 Å². The monoisotopic (exact) mass is 208 g/mol. The molecule has 0 saturated carbocycles. The Balaban J connectivity index is 2.19. The molecule has 0 aromatic carbocycles. The van der Waals surface area contributed by atoms with Crippen LogP contribution in [0.1, 0.15) is 5.56 Å². The van der Waals surface area contributed by atoms with Gasteiger partial charge >= 0.3 is 0 Å². The predicted octanol–water partition coefficient (Wildman–Crippen LogP) is -0.188. The summed E-state index contributed by atoms with van der Waals surface area (Å²) >= 11 is 0. The first-order valence-corrected chi connectivity index (χ1v) is 4.78. The third-order valence-corrected chi connectivity index (χ3v) is 1.82. The first-order chi connectivity index (χ1) is 7.22. The molecule has 0 unspecified atom stereocenters. The van der Waals surface area contributed by atoms with Crippen molar-refractivity contribution in [2.75, 3.05) is 13.1 Å². The van der Waals surface area contributed by atoms with Crippen LogP contribution in [0.2, 0.25) is 0 Å². The van der Waals surface area contributed by atoms with Gasteiger partial charge in [-0.3, -0.25) is 9.48 Å². The summed E-state index contributed by atoms with van der Waals surface area (Å²) in [5.41, 5.74) is 0.995. The lowest BCUT2D eigenvalue weighted by Crippen LogP contribution is -2.33. The number of hydrogen-bond acceptors (Lipinski definition) is 3. The van der Waals surface area contributed by atoms with Gasteiger partial charge in [-0.25, -0.2) is 0 Å². The zero-order valence-corrected chi connectivity index (χ0v) is 8.86. The summed E-state index contributed by atoms with van der Waals surface area (Å²) in [6, 6.07) is 0. The predicted molar refractivity (Wildman–Crippen MR) is 58.1 cm³/mol. The summed E-state index contributed by atoms with van der Waals surface area (Å²) in [4.78, 5) is 11.3. The van der Waals surface area contributed by atoms with Crippen LogP contribution >= 0.6 is 0 Å². The molecule has 0 atom stereocenters. The van der Waals surface area contributed by atoms with E-state index < -0.39 is 0 Å². The first-order valence-electron chi connectivity index (χ1n) is 4.78. The molecule has 0 aliphatic heterocycles. The summed E-state index contributed by atoms with van der Waals surface area (Å²) in [6.45, 7) is 5.02. The van der Waals surface area contributed by atoms with Crippen LogP contribution in [0.3, 0.4) is 0 Å². The van der Waals surface area contributed by atoms with Crippen LogP contribution in [-0.2, 0) is 18.4 Å². The largest absolute Gasteiger partial charge is 0.351 e. The van der Waals surface area contributed by atoms with E-state index >= 15 is 0 Å². The zero-order valence-electron chi connectivity index (χ0n) is 8.86. The van der Waals surface area contributed by atoms with Crippen molar-refractivity contribution in [3.05, 3.63) is 30.6 Å². The molecule has 0 fully saturated rings. The first kappa shape index (κ1) is 11.5. The van der Waals surface area contributed by atoms with Gasteiger partial charge in [0.05, 0.1) is 12.7 Å². The lowest BCUT2D eigenvalue weighted by atomic mass is 10.3. The average Bonchev–Trinajstić information content (AvgIpc) is 2.62. The molecule has 5 heteroatoms. The molecule has 1 rings (SSSR count). The lowest BCUT2D eigenvalue weighted by Gasteiger charge is -2.03. The second kappa shape index (κ2) is 5.98. The third kappa shape index (κ3) is 4.42. The minimum Gasteiger partial charge on any atom is -0.351 e. The number of rotatable bonds is 6. The number of nitrogens with zero attached hydrogens (tertiary/aromatic N) is 2. The molecule has 1 aromatic heterocycles. The Bertz CT molecular complexity index is 332. The van der Waals surface area contributed by atoms with Crippen molar-refractivity contribution >= 4 is 5.91 Å². The topological polar surface area (TPSA) is 59.0 Å². The van der Waals surface area contributed by atoms with Gasteiger partial charge in [-0.05, 0) is 0 Å². The number of hydrogen-bond donors (Lipinski definition) is 2. The quantitative estimate of drug-likeness (QED) is 0.503. The Labute approximate surface area is 89.2 Å². The van der Waals surface area contributed by atoms with E-state index in [9.17, 15) is 4.79 Å². The number of aryl methyl sites for hydroxylation is 1. The molecule has 0 aliphatic rings. The number of nitrogens with one attached hydrogen (secondary N) is 2. The minimum absolute atomic E-state index is 0.0271. The van der Waals surface area contributed by atoms with E-state index in [2.05, 4.69) is 22.3 Å². The fourth-order valence-electron chi connectivity index (χ4n) is 1.11. The molecule has 0 aliphatic carbocycles. The van der Waals surface area contributed by atoms with E-state index in [1.54, 1.807) is 17.0 Å². The van der Waals surface area contributed by atoms with Gasteiger partial charge in [0.2, 0.25) is 5.91 Å². The molecule has 5 nitrogen and oxygen atoms in total. The molecule has 2 N–H and O–H groups in total. The molecule has 1 heterocycles. The van der Waals surface area contributed by atoms with Crippen LogP contribution < -0.4 is 10.6 Å². The molecule has 1 aromatic rings. The van der Waals surface area contributed by atoms with E-state index in [1.165, 1.54) is 0 Å². The standard InChI is InChI=1S/C10H16N4O/c1-3-4-11-7-10(15)12-5-9-6-13-14(2)8-9/h3,6,8,11H,1,4-5,7H2,2H3,(H,12,15). The molecule has 0 radical (unpaired) electrons. The summed E-state index contributed by atoms with van der Waals surface area (Å²) in [5, 5.41) is 9.71. The zero-order chi connectivity index (χ0) is 11.1. The maximum atomic E-state index is 11.3. The molecule has 82 valence electrons. The van der Waals surface area contributed by atoms with Gasteiger partial charge in [0, 0.05) is 31.9 Å². The Morgan fingerprint density at radius 2 is 2.53 bits per heavy atom. The van der Waals surface area contributed by atoms with Crippen molar-refractivity contribution in [3.63, 3.8) is 0 Å². The third-order valence-electron chi connectivity index (χ3n) is 1.82. The Morgan fingerprint density at radius 3 is 3.13 bits per heavy atom. The molecule has 0 spiro atoms. The molecule has 1 amide bonds. The summed E-state index contributed by atoms with van der Waals surface area (Å²) in [6.07, 6.45) is 5.32. The smallest absolute Gasteiger partial charge is 0.234 e. The fraction of sp³-hybridized carbons (Fsp3) is 0.400. The highest BCUT2D eigenvalue weighted by Crippen LogP contribution is 1.94. The highest BCUT2D eigenvalue weighted by atomic mass is 16.1. The molecular weight excluding hydrogens is 192 g/mol. The van der Waals surface area contributed by atoms with Crippen molar-refractivity contribution < 1.29 is 4.79 Å². The van der Waals surface area contributed by atoms with Crippen LogP contribution in [0.4, 0.5) is 0 Å². The SMILES string of the molecule is C=CCNCC(=O)NCc1cnn(C)c1. The number of carbonyl (C=O) groups is 1. The van der Waals surface area contributed by atoms with Gasteiger partial charge in [-0.2, -0.15) is 5.10 Å². The van der Waals surface area contributed by atoms with Gasteiger partial charge in [0.15, 0.2) is 0 Å². The van der Waals surface area contributed by atoms with E-state index in [-0.39, 0.29) is 5.91 Å². The van der Waals surface area contributed by atoms with E-state index in [1.807, 2.05) is 13.2 Å². The maximum Gasteiger partial charge on any atom is 0.234 e. The molecule has 0 bridgehead atoms. The van der Waals surface area contributed by atoms with Crippen LogP contribution in [0.5, 0.6) is 0 Å². The Hall–Kier alpha value is -1.62. The summed E-state index contributed by atoms with van der Waals surface area (Å²) < 4.78 is 1.71. The van der Waals surface area contributed by atoms with Gasteiger partial charge in [-0.15, -0.1) is 6.58 Å². The van der Waals surface area contributed by atoms with Gasteiger partial charge in [0.1, 0.15) is 0 Å². The number of aromatic nitrogens is 2. The number of carbonyl (C=O) groups excluding carboxylic acids is 1. The minimum atomic E-state index is -0.0271. The van der Waals surface area contributed by atoms with E-state index in [4.69, 9.17) is 0 Å². The highest BCUT2D eigenvalue weighted by Gasteiger charge is 2.00. The summed E-state index contributed by atoms with van der Waals surface area (Å²) in [7, 11) is 1.84. The van der Waals surface area contributed by atoms with Crippen LogP contribution in [0.15, 0.2) is 25.0 Å². The van der Waals surface area contributed by atoms with Crippen molar-refractivity contribution in [2.45, 2.75) is 6.54 Å². The average molecular weight is 208 g/mol. The maximum absolute atomic E-state index is 11.3. The molecule has 15 heavy (non-hydrogen) atoms. The Kier molecular flexibility index (Phi) is 4.56. The Morgan fingerprint density at radius 1 is 1.73 bits per heavy atom. The van der Waals surface area contributed by atoms with E-state index in [0.29, 0.717) is 19.6 Å². The van der Waals surface area contributed by atoms with E-state index in [0.717, 1.165) is 5.56 Å². The van der Waals surface area contributed by atoms with Gasteiger partial charge < -0.3 is 10.6 Å². The van der Waals surface area contributed by atoms with Crippen molar-refractivity contribution in [1.29, 1.82) is 0 Å². The molecular formula is C10H16N4O. The van der Waals surface area contributed by atoms with Crippen molar-refractivity contribution in [1.82, 2.24) is 20.4 Å². The normalized spacial score (nSPS) is 9.93. The second-order valence-corrected chi connectivity index (χ2v) is 3.22. The number of amides is 1.